The molecular weight excluding hydrogens is 230 g/mol. The van der Waals surface area contributed by atoms with E-state index in [-0.39, 0.29) is 0 Å². The number of nitrogens with one attached hydrogen (secondary N) is 1. The molecule has 0 saturated carbocycles. The Kier molecular flexibility index (Phi) is 4.35. The van der Waals surface area contributed by atoms with E-state index >= 15 is 0 Å². The Balaban J connectivity index is 1.93. The predicted molar refractivity (Wildman–Crippen MR) is 69.6 cm³/mol. The summed E-state index contributed by atoms with van der Waals surface area (Å²) < 4.78 is 9.03. The molecule has 0 fully saturated rings. The van der Waals surface area contributed by atoms with Crippen molar-refractivity contribution in [3.05, 3.63) is 30.4 Å². The van der Waals surface area contributed by atoms with Gasteiger partial charge in [0.15, 0.2) is 0 Å². The molecule has 6 nitrogen and oxygen atoms in total. The molecule has 0 saturated heterocycles. The lowest BCUT2D eigenvalue weighted by Gasteiger charge is -2.09. The smallest absolute Gasteiger partial charge is 0.203 e. The summed E-state index contributed by atoms with van der Waals surface area (Å²) >= 11 is 0. The van der Waals surface area contributed by atoms with Crippen molar-refractivity contribution in [3.63, 3.8) is 0 Å². The van der Waals surface area contributed by atoms with Crippen LogP contribution in [0.5, 0.6) is 0 Å². The van der Waals surface area contributed by atoms with Gasteiger partial charge in [-0.15, -0.1) is 0 Å². The van der Waals surface area contributed by atoms with E-state index in [2.05, 4.69) is 20.0 Å². The number of aryl methyl sites for hydroxylation is 3. The van der Waals surface area contributed by atoms with Crippen LogP contribution < -0.4 is 5.32 Å². The van der Waals surface area contributed by atoms with Gasteiger partial charge in [0.05, 0.1) is 18.8 Å². The number of rotatable bonds is 7. The minimum atomic E-state index is 0.672. The second-order valence-electron chi connectivity index (χ2n) is 4.09. The second kappa shape index (κ2) is 6.20. The molecule has 2 aromatic rings. The van der Waals surface area contributed by atoms with Crippen molar-refractivity contribution in [2.45, 2.75) is 20.0 Å². The molecule has 18 heavy (non-hydrogen) atoms. The molecule has 0 radical (unpaired) electrons. The van der Waals surface area contributed by atoms with Crippen LogP contribution in [0.2, 0.25) is 0 Å². The van der Waals surface area contributed by atoms with E-state index in [4.69, 9.17) is 4.74 Å². The largest absolute Gasteiger partial charge is 0.383 e. The molecule has 0 aliphatic carbocycles. The molecule has 0 aliphatic rings. The molecule has 0 bridgehead atoms. The monoisotopic (exact) mass is 249 g/mol. The first kappa shape index (κ1) is 12.6. The van der Waals surface area contributed by atoms with Gasteiger partial charge >= 0.3 is 0 Å². The van der Waals surface area contributed by atoms with E-state index in [0.717, 1.165) is 31.3 Å². The van der Waals surface area contributed by atoms with Crippen LogP contribution in [0.25, 0.3) is 0 Å². The van der Waals surface area contributed by atoms with Crippen LogP contribution in [0, 0.1) is 6.92 Å². The Hall–Kier alpha value is -1.82. The molecule has 98 valence electrons. The van der Waals surface area contributed by atoms with Gasteiger partial charge in [0.1, 0.15) is 0 Å². The Morgan fingerprint density at radius 1 is 1.39 bits per heavy atom. The highest BCUT2D eigenvalue weighted by Gasteiger charge is 2.04. The average molecular weight is 249 g/mol. The lowest BCUT2D eigenvalue weighted by molar-refractivity contribution is 0.210. The fraction of sp³-hybridized carbons (Fsp3) is 0.500. The molecule has 1 N–H and O–H groups in total. The number of nitrogens with zero attached hydrogens (tertiary/aromatic N) is 4. The fourth-order valence-electron chi connectivity index (χ4n) is 1.77. The van der Waals surface area contributed by atoms with Gasteiger partial charge in [-0.05, 0) is 13.0 Å². The molecule has 0 aliphatic heterocycles. The van der Waals surface area contributed by atoms with Crippen molar-refractivity contribution in [3.8, 4) is 0 Å². The zero-order valence-electron chi connectivity index (χ0n) is 10.8. The number of methoxy groups -OCH3 is 1. The van der Waals surface area contributed by atoms with E-state index in [9.17, 15) is 0 Å². The summed E-state index contributed by atoms with van der Waals surface area (Å²) in [5, 5.41) is 7.45. The van der Waals surface area contributed by atoms with E-state index in [0.29, 0.717) is 6.61 Å². The summed E-state index contributed by atoms with van der Waals surface area (Å²) in [5.41, 5.74) is 1.01. The molecule has 0 atom stereocenters. The molecule has 2 rings (SSSR count). The standard InChI is InChI=1S/C12H19N5O/c1-11-10-16(7-8-17-6-3-4-14-17)12(15-11)13-5-9-18-2/h3-4,6,10H,5,7-9H2,1-2H3,(H,13,15). The molecule has 0 amide bonds. The third-order valence-corrected chi connectivity index (χ3v) is 2.62. The van der Waals surface area contributed by atoms with Crippen LogP contribution in [-0.2, 0) is 17.8 Å². The van der Waals surface area contributed by atoms with Gasteiger partial charge in [-0.1, -0.05) is 0 Å². The maximum absolute atomic E-state index is 5.02. The zero-order valence-corrected chi connectivity index (χ0v) is 10.8. The highest BCUT2D eigenvalue weighted by atomic mass is 16.5. The number of aromatic nitrogens is 4. The van der Waals surface area contributed by atoms with Crippen LogP contribution in [-0.4, -0.2) is 39.6 Å². The van der Waals surface area contributed by atoms with Crippen LogP contribution in [0.15, 0.2) is 24.7 Å². The second-order valence-corrected chi connectivity index (χ2v) is 4.09. The number of hydrogen-bond acceptors (Lipinski definition) is 4. The van der Waals surface area contributed by atoms with Crippen LogP contribution in [0.3, 0.4) is 0 Å². The number of anilines is 1. The van der Waals surface area contributed by atoms with Gasteiger partial charge in [0.2, 0.25) is 5.95 Å². The van der Waals surface area contributed by atoms with E-state index < -0.39 is 0 Å². The summed E-state index contributed by atoms with van der Waals surface area (Å²) in [5.74, 6) is 0.886. The SMILES string of the molecule is COCCNc1nc(C)cn1CCn1cccn1. The fourth-order valence-corrected chi connectivity index (χ4v) is 1.77. The average Bonchev–Trinajstić information content (AvgIpc) is 2.97. The van der Waals surface area contributed by atoms with Gasteiger partial charge in [-0.25, -0.2) is 4.98 Å². The minimum Gasteiger partial charge on any atom is -0.383 e. The number of imidazole rings is 1. The first-order chi connectivity index (χ1) is 8.79. The maximum atomic E-state index is 5.02. The lowest BCUT2D eigenvalue weighted by Crippen LogP contribution is -2.14. The third-order valence-electron chi connectivity index (χ3n) is 2.62. The van der Waals surface area contributed by atoms with Crippen molar-refractivity contribution in [1.29, 1.82) is 0 Å². The number of hydrogen-bond donors (Lipinski definition) is 1. The zero-order chi connectivity index (χ0) is 12.8. The highest BCUT2D eigenvalue weighted by molar-refractivity contribution is 5.28. The quantitative estimate of drug-likeness (QED) is 0.748. The van der Waals surface area contributed by atoms with Crippen molar-refractivity contribution in [2.75, 3.05) is 25.6 Å². The van der Waals surface area contributed by atoms with Crippen molar-refractivity contribution < 1.29 is 4.74 Å². The predicted octanol–water partition coefficient (Wildman–Crippen LogP) is 1.15. The van der Waals surface area contributed by atoms with Crippen molar-refractivity contribution >= 4 is 5.95 Å². The maximum Gasteiger partial charge on any atom is 0.203 e. The molecule has 0 aromatic carbocycles. The third kappa shape index (κ3) is 3.33. The summed E-state index contributed by atoms with van der Waals surface area (Å²) in [6.07, 6.45) is 5.79. The van der Waals surface area contributed by atoms with Crippen molar-refractivity contribution in [2.24, 2.45) is 0 Å². The summed E-state index contributed by atoms with van der Waals surface area (Å²) in [4.78, 5) is 4.45. The van der Waals surface area contributed by atoms with E-state index in [1.54, 1.807) is 13.3 Å². The molecular formula is C12H19N5O. The van der Waals surface area contributed by atoms with Gasteiger partial charge < -0.3 is 14.6 Å². The van der Waals surface area contributed by atoms with Crippen LogP contribution >= 0.6 is 0 Å². The van der Waals surface area contributed by atoms with Gasteiger partial charge in [0.25, 0.3) is 0 Å². The number of ether oxygens (including phenoxy) is 1. The van der Waals surface area contributed by atoms with E-state index in [1.807, 2.05) is 30.1 Å². The van der Waals surface area contributed by atoms with Gasteiger partial charge in [-0.2, -0.15) is 5.10 Å². The summed E-state index contributed by atoms with van der Waals surface area (Å²) in [6.45, 7) is 5.10. The summed E-state index contributed by atoms with van der Waals surface area (Å²) in [6, 6.07) is 1.93. The van der Waals surface area contributed by atoms with Crippen molar-refractivity contribution in [1.82, 2.24) is 19.3 Å². The Morgan fingerprint density at radius 3 is 3.00 bits per heavy atom. The molecule has 6 heteroatoms. The topological polar surface area (TPSA) is 56.9 Å². The molecule has 0 unspecified atom stereocenters. The Labute approximate surface area is 107 Å². The first-order valence-electron chi connectivity index (χ1n) is 6.03. The first-order valence-corrected chi connectivity index (χ1v) is 6.03. The van der Waals surface area contributed by atoms with Gasteiger partial charge in [0, 0.05) is 38.8 Å². The molecule has 2 heterocycles. The Morgan fingerprint density at radius 2 is 2.28 bits per heavy atom. The normalized spacial score (nSPS) is 10.8. The van der Waals surface area contributed by atoms with Crippen LogP contribution in [0.1, 0.15) is 5.69 Å². The van der Waals surface area contributed by atoms with E-state index in [1.165, 1.54) is 0 Å². The minimum absolute atomic E-state index is 0.672. The lowest BCUT2D eigenvalue weighted by atomic mass is 10.5. The summed E-state index contributed by atoms with van der Waals surface area (Å²) in [7, 11) is 1.69. The Bertz CT molecular complexity index is 463. The molecule has 2 aromatic heterocycles. The van der Waals surface area contributed by atoms with Crippen LogP contribution in [0.4, 0.5) is 5.95 Å². The van der Waals surface area contributed by atoms with Gasteiger partial charge in [-0.3, -0.25) is 4.68 Å². The molecule has 0 spiro atoms. The highest BCUT2D eigenvalue weighted by Crippen LogP contribution is 2.08.